The molecule has 0 unspecified atom stereocenters. The lowest BCUT2D eigenvalue weighted by Crippen LogP contribution is -2.29. The van der Waals surface area contributed by atoms with Crippen molar-refractivity contribution < 1.29 is 19.1 Å². The molecule has 1 amide bonds. The predicted octanol–water partition coefficient (Wildman–Crippen LogP) is 3.81. The molecule has 4 rings (SSSR count). The minimum Gasteiger partial charge on any atom is -0.457 e. The van der Waals surface area contributed by atoms with Crippen LogP contribution in [-0.4, -0.2) is 33.2 Å². The summed E-state index contributed by atoms with van der Waals surface area (Å²) in [5.74, 6) is -0.339. The number of ketones is 2. The predicted molar refractivity (Wildman–Crippen MR) is 107 cm³/mol. The van der Waals surface area contributed by atoms with E-state index in [9.17, 15) is 14.4 Å². The fraction of sp³-hybridized carbons (Fsp3) is 0.273. The van der Waals surface area contributed by atoms with Crippen molar-refractivity contribution in [3.8, 4) is 11.5 Å². The number of hydrogen-bond acceptors (Lipinski definition) is 5. The maximum absolute atomic E-state index is 12.3. The van der Waals surface area contributed by atoms with Gasteiger partial charge in [0, 0.05) is 29.9 Å². The van der Waals surface area contributed by atoms with Crippen molar-refractivity contribution in [2.24, 2.45) is 0 Å². The maximum Gasteiger partial charge on any atom is 0.326 e. The number of nitrogens with zero attached hydrogens (tertiary/aromatic N) is 2. The Balaban J connectivity index is 1.56. The first-order valence-electron chi connectivity index (χ1n) is 9.49. The van der Waals surface area contributed by atoms with E-state index in [0.717, 1.165) is 23.7 Å². The molecule has 1 saturated carbocycles. The van der Waals surface area contributed by atoms with Gasteiger partial charge in [-0.3, -0.25) is 19.1 Å². The first-order chi connectivity index (χ1) is 13.9. The Morgan fingerprint density at radius 3 is 2.48 bits per heavy atom. The number of aromatic nitrogens is 2. The van der Waals surface area contributed by atoms with Crippen LogP contribution < -0.4 is 10.1 Å². The number of benzene rings is 1. The van der Waals surface area contributed by atoms with E-state index in [1.54, 1.807) is 29.0 Å². The highest BCUT2D eigenvalue weighted by atomic mass is 16.5. The Bertz CT molecular complexity index is 1100. The van der Waals surface area contributed by atoms with Crippen LogP contribution in [0.5, 0.6) is 11.5 Å². The topological polar surface area (TPSA) is 90.3 Å². The van der Waals surface area contributed by atoms with Crippen molar-refractivity contribution in [1.29, 1.82) is 0 Å². The lowest BCUT2D eigenvalue weighted by molar-refractivity contribution is -0.126. The molecule has 1 N–H and O–H groups in total. The molecule has 7 heteroatoms. The highest BCUT2D eigenvalue weighted by molar-refractivity contribution is 6.05. The molecule has 1 aliphatic carbocycles. The molecule has 7 nitrogen and oxygen atoms in total. The molecular weight excluding hydrogens is 370 g/mol. The quantitative estimate of drug-likeness (QED) is 0.645. The van der Waals surface area contributed by atoms with Crippen LogP contribution in [-0.2, 0) is 9.59 Å². The van der Waals surface area contributed by atoms with Crippen molar-refractivity contribution in [3.05, 3.63) is 54.5 Å². The summed E-state index contributed by atoms with van der Waals surface area (Å²) in [7, 11) is 0. The van der Waals surface area contributed by atoms with Gasteiger partial charge in [-0.1, -0.05) is 0 Å². The summed E-state index contributed by atoms with van der Waals surface area (Å²) in [6.45, 7) is 2.75. The molecule has 1 fully saturated rings. The van der Waals surface area contributed by atoms with Gasteiger partial charge in [0.1, 0.15) is 29.0 Å². The Morgan fingerprint density at radius 2 is 1.79 bits per heavy atom. The van der Waals surface area contributed by atoms with E-state index in [0.29, 0.717) is 17.2 Å². The summed E-state index contributed by atoms with van der Waals surface area (Å²) < 4.78 is 7.50. The largest absolute Gasteiger partial charge is 0.457 e. The Labute approximate surface area is 167 Å². The van der Waals surface area contributed by atoms with Crippen LogP contribution >= 0.6 is 0 Å². The number of pyridine rings is 1. The van der Waals surface area contributed by atoms with Crippen molar-refractivity contribution in [3.63, 3.8) is 0 Å². The molecule has 0 radical (unpaired) electrons. The molecule has 0 aliphatic heterocycles. The van der Waals surface area contributed by atoms with Crippen molar-refractivity contribution in [1.82, 2.24) is 14.9 Å². The average Bonchev–Trinajstić information content (AvgIpc) is 3.37. The summed E-state index contributed by atoms with van der Waals surface area (Å²) >= 11 is 0. The second kappa shape index (κ2) is 7.50. The number of carbonyl (C=O) groups is 3. The molecule has 2 heterocycles. The number of nitrogens with one attached hydrogen (secondary N) is 1. The van der Waals surface area contributed by atoms with Crippen LogP contribution in [0.4, 0.5) is 4.79 Å². The summed E-state index contributed by atoms with van der Waals surface area (Å²) in [4.78, 5) is 40.1. The zero-order valence-corrected chi connectivity index (χ0v) is 16.2. The third-order valence-electron chi connectivity index (χ3n) is 4.88. The summed E-state index contributed by atoms with van der Waals surface area (Å²) in [5, 5.41) is 3.84. The van der Waals surface area contributed by atoms with Crippen LogP contribution in [0.3, 0.4) is 0 Å². The number of Topliss-reactive ketones (excluding diaryl/α,β-unsaturated/α-hetero) is 2. The lowest BCUT2D eigenvalue weighted by Gasteiger charge is -2.12. The molecule has 3 aromatic rings. The van der Waals surface area contributed by atoms with E-state index >= 15 is 0 Å². The highest BCUT2D eigenvalue weighted by Crippen LogP contribution is 2.28. The maximum atomic E-state index is 12.3. The fourth-order valence-corrected chi connectivity index (χ4v) is 3.32. The van der Waals surface area contributed by atoms with Crippen LogP contribution in [0.15, 0.2) is 48.8 Å². The minimum absolute atomic E-state index is 0.130. The second-order valence-corrected chi connectivity index (χ2v) is 7.30. The molecule has 0 atom stereocenters. The van der Waals surface area contributed by atoms with Crippen molar-refractivity contribution >= 4 is 28.5 Å². The molecule has 0 saturated heterocycles. The molecule has 2 aromatic heterocycles. The van der Waals surface area contributed by atoms with E-state index in [4.69, 9.17) is 4.74 Å². The number of fused-ring (bicyclic) bond motifs is 1. The summed E-state index contributed by atoms with van der Waals surface area (Å²) in [6.07, 6.45) is 5.32. The fourth-order valence-electron chi connectivity index (χ4n) is 3.32. The van der Waals surface area contributed by atoms with Gasteiger partial charge in [0.2, 0.25) is 0 Å². The Morgan fingerprint density at radius 1 is 1.07 bits per heavy atom. The second-order valence-electron chi connectivity index (χ2n) is 7.30. The van der Waals surface area contributed by atoms with E-state index in [1.165, 1.54) is 20.0 Å². The molecule has 1 aromatic carbocycles. The number of amides is 1. The molecule has 0 bridgehead atoms. The zero-order valence-electron chi connectivity index (χ0n) is 16.2. The average molecular weight is 391 g/mol. The Hall–Kier alpha value is -3.48. The number of carbonyl (C=O) groups excluding carboxylic acids is 3. The van der Waals surface area contributed by atoms with Gasteiger partial charge in [-0.05, 0) is 57.0 Å². The third kappa shape index (κ3) is 4.03. The van der Waals surface area contributed by atoms with Gasteiger partial charge < -0.3 is 10.1 Å². The van der Waals surface area contributed by atoms with E-state index < -0.39 is 5.92 Å². The van der Waals surface area contributed by atoms with Gasteiger partial charge >= 0.3 is 6.03 Å². The van der Waals surface area contributed by atoms with Gasteiger partial charge in [0.15, 0.2) is 0 Å². The van der Waals surface area contributed by atoms with Crippen LogP contribution in [0.25, 0.3) is 10.9 Å². The molecule has 0 spiro atoms. The van der Waals surface area contributed by atoms with Gasteiger partial charge in [0.05, 0.1) is 11.2 Å². The molecule has 148 valence electrons. The van der Waals surface area contributed by atoms with Gasteiger partial charge in [-0.15, -0.1) is 0 Å². The van der Waals surface area contributed by atoms with Crippen LogP contribution in [0.2, 0.25) is 0 Å². The van der Waals surface area contributed by atoms with Crippen molar-refractivity contribution in [2.45, 2.75) is 38.6 Å². The first-order valence-corrected chi connectivity index (χ1v) is 9.49. The van der Waals surface area contributed by atoms with Gasteiger partial charge in [-0.2, -0.15) is 0 Å². The molecular formula is C22H21N3O4. The smallest absolute Gasteiger partial charge is 0.326 e. The van der Waals surface area contributed by atoms with Gasteiger partial charge in [0.25, 0.3) is 0 Å². The number of hydrogen-bond donors (Lipinski definition) is 1. The highest BCUT2D eigenvalue weighted by Gasteiger charge is 2.25. The Kier molecular flexibility index (Phi) is 4.88. The van der Waals surface area contributed by atoms with Gasteiger partial charge in [-0.25, -0.2) is 4.79 Å². The van der Waals surface area contributed by atoms with E-state index in [2.05, 4.69) is 10.3 Å². The molecule has 1 aliphatic rings. The standard InChI is InChI=1S/C22H21N3O4/c1-13(26)21(14(2)27)19-12-18(7-9-23-19)29-17-5-6-20-15(11-17)8-10-25(20)22(28)24-16-3-4-16/h5-12,16,21H,3-4H2,1-2H3,(H,24,28). The number of ether oxygens (including phenoxy) is 1. The summed E-state index contributed by atoms with van der Waals surface area (Å²) in [5.41, 5.74) is 1.16. The lowest BCUT2D eigenvalue weighted by atomic mass is 9.96. The molecule has 29 heavy (non-hydrogen) atoms. The van der Waals surface area contributed by atoms with Crippen LogP contribution in [0.1, 0.15) is 38.3 Å². The summed E-state index contributed by atoms with van der Waals surface area (Å²) in [6, 6.07) is 10.7. The number of rotatable bonds is 6. The third-order valence-corrected chi connectivity index (χ3v) is 4.88. The SMILES string of the molecule is CC(=O)C(C(C)=O)c1cc(Oc2ccc3c(ccn3C(=O)NC3CC3)c2)ccn1. The first kappa shape index (κ1) is 18.9. The van der Waals surface area contributed by atoms with Crippen LogP contribution in [0, 0.1) is 0 Å². The zero-order chi connectivity index (χ0) is 20.5. The minimum atomic E-state index is -0.889. The van der Waals surface area contributed by atoms with Crippen molar-refractivity contribution in [2.75, 3.05) is 0 Å². The van der Waals surface area contributed by atoms with E-state index in [1.807, 2.05) is 18.2 Å². The van der Waals surface area contributed by atoms with E-state index in [-0.39, 0.29) is 23.6 Å². The monoisotopic (exact) mass is 391 g/mol. The normalized spacial score (nSPS) is 13.5.